The number of halogens is 3. The van der Waals surface area contributed by atoms with Gasteiger partial charge < -0.3 is 9.84 Å². The molecule has 1 aromatic carbocycles. The Balaban J connectivity index is 2.96. The number of nitrogens with one attached hydrogen (secondary N) is 1. The highest BCUT2D eigenvalue weighted by Crippen LogP contribution is 2.24. The van der Waals surface area contributed by atoms with Crippen molar-refractivity contribution in [2.24, 2.45) is 0 Å². The van der Waals surface area contributed by atoms with Crippen LogP contribution in [0.5, 0.6) is 5.75 Å². The molecule has 120 valence electrons. The lowest BCUT2D eigenvalue weighted by molar-refractivity contribution is -0.274. The molecule has 1 unspecified atom stereocenters. The zero-order chi connectivity index (χ0) is 16.5. The summed E-state index contributed by atoms with van der Waals surface area (Å²) in [5.41, 5.74) is -1.13. The Kier molecular flexibility index (Phi) is 4.91. The van der Waals surface area contributed by atoms with Gasteiger partial charge in [-0.05, 0) is 45.0 Å². The van der Waals surface area contributed by atoms with E-state index in [0.717, 1.165) is 24.3 Å². The van der Waals surface area contributed by atoms with Gasteiger partial charge in [-0.3, -0.25) is 0 Å². The van der Waals surface area contributed by atoms with Gasteiger partial charge in [-0.1, -0.05) is 0 Å². The first kappa shape index (κ1) is 17.7. The van der Waals surface area contributed by atoms with Crippen LogP contribution in [0.2, 0.25) is 0 Å². The molecule has 0 aliphatic carbocycles. The fourth-order valence-corrected chi connectivity index (χ4v) is 2.79. The zero-order valence-electron chi connectivity index (χ0n) is 11.6. The van der Waals surface area contributed by atoms with Crippen molar-refractivity contribution in [1.82, 2.24) is 4.72 Å². The van der Waals surface area contributed by atoms with E-state index >= 15 is 0 Å². The zero-order valence-corrected chi connectivity index (χ0v) is 12.4. The van der Waals surface area contributed by atoms with Crippen molar-refractivity contribution in [2.45, 2.75) is 43.7 Å². The van der Waals surface area contributed by atoms with Crippen LogP contribution in [0.4, 0.5) is 13.2 Å². The van der Waals surface area contributed by atoms with E-state index in [0.29, 0.717) is 0 Å². The molecule has 0 saturated carbocycles. The minimum absolute atomic E-state index is 0.231. The maximum Gasteiger partial charge on any atom is 0.573 e. The number of aliphatic hydroxyl groups excluding tert-OH is 1. The quantitative estimate of drug-likeness (QED) is 0.867. The van der Waals surface area contributed by atoms with E-state index in [4.69, 9.17) is 0 Å². The second kappa shape index (κ2) is 5.82. The van der Waals surface area contributed by atoms with Gasteiger partial charge in [-0.15, -0.1) is 13.2 Å². The van der Waals surface area contributed by atoms with Gasteiger partial charge in [0.2, 0.25) is 10.0 Å². The van der Waals surface area contributed by atoms with Gasteiger partial charge in [-0.2, -0.15) is 0 Å². The Labute approximate surface area is 120 Å². The van der Waals surface area contributed by atoms with Crippen molar-refractivity contribution in [3.05, 3.63) is 24.3 Å². The summed E-state index contributed by atoms with van der Waals surface area (Å²) in [5, 5.41) is 9.49. The van der Waals surface area contributed by atoms with Crippen molar-refractivity contribution >= 4 is 10.0 Å². The summed E-state index contributed by atoms with van der Waals surface area (Å²) >= 11 is 0. The average Bonchev–Trinajstić information content (AvgIpc) is 2.25. The minimum atomic E-state index is -4.84. The van der Waals surface area contributed by atoms with Gasteiger partial charge in [0.1, 0.15) is 5.75 Å². The molecular formula is C12H16F3NO4S. The number of hydrogen-bond donors (Lipinski definition) is 2. The topological polar surface area (TPSA) is 75.6 Å². The summed E-state index contributed by atoms with van der Waals surface area (Å²) < 4.78 is 66.1. The minimum Gasteiger partial charge on any atom is -0.406 e. The van der Waals surface area contributed by atoms with Gasteiger partial charge in [0, 0.05) is 0 Å². The number of sulfonamides is 1. The Morgan fingerprint density at radius 1 is 1.19 bits per heavy atom. The van der Waals surface area contributed by atoms with Crippen LogP contribution in [-0.2, 0) is 10.0 Å². The average molecular weight is 327 g/mol. The van der Waals surface area contributed by atoms with E-state index in [2.05, 4.69) is 9.46 Å². The number of rotatable bonds is 5. The van der Waals surface area contributed by atoms with Crippen LogP contribution in [0.15, 0.2) is 29.2 Å². The highest BCUT2D eigenvalue weighted by molar-refractivity contribution is 7.89. The molecule has 1 atom stereocenters. The third kappa shape index (κ3) is 5.18. The van der Waals surface area contributed by atoms with E-state index in [1.54, 1.807) is 0 Å². The Hall–Kier alpha value is -1.32. The predicted molar refractivity (Wildman–Crippen MR) is 69.2 cm³/mol. The second-order valence-electron chi connectivity index (χ2n) is 5.02. The van der Waals surface area contributed by atoms with Crippen molar-refractivity contribution in [1.29, 1.82) is 0 Å². The van der Waals surface area contributed by atoms with Crippen LogP contribution in [-0.4, -0.2) is 31.5 Å². The van der Waals surface area contributed by atoms with E-state index in [-0.39, 0.29) is 4.90 Å². The van der Waals surface area contributed by atoms with Crippen LogP contribution in [0, 0.1) is 0 Å². The molecule has 21 heavy (non-hydrogen) atoms. The Bertz CT molecular complexity index is 580. The van der Waals surface area contributed by atoms with E-state index < -0.39 is 33.8 Å². The monoisotopic (exact) mass is 327 g/mol. The Morgan fingerprint density at radius 2 is 1.67 bits per heavy atom. The largest absolute Gasteiger partial charge is 0.573 e. The fraction of sp³-hybridized carbons (Fsp3) is 0.500. The second-order valence-corrected chi connectivity index (χ2v) is 6.70. The fourth-order valence-electron chi connectivity index (χ4n) is 1.31. The lowest BCUT2D eigenvalue weighted by Gasteiger charge is -2.28. The number of aliphatic hydroxyl groups is 1. The van der Waals surface area contributed by atoms with Gasteiger partial charge in [0.05, 0.1) is 16.5 Å². The molecule has 0 amide bonds. The molecule has 0 bridgehead atoms. The molecule has 5 nitrogen and oxygen atoms in total. The molecule has 0 radical (unpaired) electrons. The first-order valence-corrected chi connectivity index (χ1v) is 7.40. The summed E-state index contributed by atoms with van der Waals surface area (Å²) in [6, 6.07) is 3.78. The molecule has 1 aromatic rings. The summed E-state index contributed by atoms with van der Waals surface area (Å²) in [7, 11) is -3.97. The lowest BCUT2D eigenvalue weighted by atomic mass is 10.0. The lowest BCUT2D eigenvalue weighted by Crippen LogP contribution is -2.50. The maximum absolute atomic E-state index is 12.1. The summed E-state index contributed by atoms with van der Waals surface area (Å²) in [4.78, 5) is -0.231. The molecule has 0 spiro atoms. The van der Waals surface area contributed by atoms with Crippen molar-refractivity contribution in [2.75, 3.05) is 0 Å². The first-order valence-electron chi connectivity index (χ1n) is 5.91. The molecule has 0 saturated heterocycles. The summed E-state index contributed by atoms with van der Waals surface area (Å²) in [6.07, 6.45) is -5.80. The number of ether oxygens (including phenoxy) is 1. The Morgan fingerprint density at radius 3 is 2.05 bits per heavy atom. The van der Waals surface area contributed by atoms with E-state index in [1.807, 2.05) is 0 Å². The molecule has 9 heteroatoms. The highest BCUT2D eigenvalue weighted by atomic mass is 32.2. The van der Waals surface area contributed by atoms with Crippen LogP contribution < -0.4 is 9.46 Å². The molecule has 0 fully saturated rings. The highest BCUT2D eigenvalue weighted by Gasteiger charge is 2.32. The van der Waals surface area contributed by atoms with Gasteiger partial charge >= 0.3 is 6.36 Å². The van der Waals surface area contributed by atoms with Crippen LogP contribution in [0.1, 0.15) is 20.8 Å². The number of alkyl halides is 3. The normalized spacial score (nSPS) is 14.8. The van der Waals surface area contributed by atoms with Gasteiger partial charge in [0.15, 0.2) is 0 Å². The predicted octanol–water partition coefficient (Wildman–Crippen LogP) is 2.02. The maximum atomic E-state index is 12.1. The van der Waals surface area contributed by atoms with Gasteiger partial charge in [0.25, 0.3) is 0 Å². The van der Waals surface area contributed by atoms with Gasteiger partial charge in [-0.25, -0.2) is 13.1 Å². The molecule has 2 N–H and O–H groups in total. The van der Waals surface area contributed by atoms with E-state index in [1.165, 1.54) is 20.8 Å². The molecule has 0 aliphatic rings. The third-order valence-electron chi connectivity index (χ3n) is 2.81. The third-order valence-corrected chi connectivity index (χ3v) is 4.50. The van der Waals surface area contributed by atoms with Crippen molar-refractivity contribution in [3.63, 3.8) is 0 Å². The standard InChI is InChI=1S/C12H16F3NO4S/c1-8(17)11(2,3)16-21(18,19)10-6-4-9(5-7-10)20-12(13,14)15/h4-8,16-17H,1-3H3. The van der Waals surface area contributed by atoms with Crippen LogP contribution >= 0.6 is 0 Å². The van der Waals surface area contributed by atoms with Crippen molar-refractivity contribution < 1.29 is 31.4 Å². The molecule has 0 aliphatic heterocycles. The summed E-state index contributed by atoms with van der Waals surface area (Å²) in [6.45, 7) is 4.38. The molecular weight excluding hydrogens is 311 g/mol. The van der Waals surface area contributed by atoms with Crippen molar-refractivity contribution in [3.8, 4) is 5.75 Å². The van der Waals surface area contributed by atoms with E-state index in [9.17, 15) is 26.7 Å². The molecule has 0 heterocycles. The van der Waals surface area contributed by atoms with Crippen LogP contribution in [0.3, 0.4) is 0 Å². The number of benzene rings is 1. The number of hydrogen-bond acceptors (Lipinski definition) is 4. The molecule has 0 aromatic heterocycles. The molecule has 1 rings (SSSR count). The van der Waals surface area contributed by atoms with Crippen LogP contribution in [0.25, 0.3) is 0 Å². The first-order chi connectivity index (χ1) is 9.33. The SMILES string of the molecule is CC(O)C(C)(C)NS(=O)(=O)c1ccc(OC(F)(F)F)cc1. The summed E-state index contributed by atoms with van der Waals surface area (Å²) in [5.74, 6) is -0.517. The smallest absolute Gasteiger partial charge is 0.406 e.